The summed E-state index contributed by atoms with van der Waals surface area (Å²) in [5.74, 6) is -0.207. The van der Waals surface area contributed by atoms with Crippen LogP contribution in [0.25, 0.3) is 0 Å². The van der Waals surface area contributed by atoms with E-state index in [1.807, 2.05) is 13.8 Å². The minimum atomic E-state index is -4.08. The summed E-state index contributed by atoms with van der Waals surface area (Å²) in [5, 5.41) is 3.93. The minimum Gasteiger partial charge on any atom is -0.494 e. The second-order valence-electron chi connectivity index (χ2n) is 7.98. The summed E-state index contributed by atoms with van der Waals surface area (Å²) in [6.45, 7) is 3.42. The average molecular weight is 540 g/mol. The van der Waals surface area contributed by atoms with E-state index in [1.54, 1.807) is 60.7 Å². The highest BCUT2D eigenvalue weighted by atomic mass is 32.2. The highest BCUT2D eigenvalue weighted by Crippen LogP contribution is 2.25. The van der Waals surface area contributed by atoms with Crippen LogP contribution in [0.2, 0.25) is 0 Å². The van der Waals surface area contributed by atoms with Gasteiger partial charge in [0.15, 0.2) is 6.61 Å². The van der Waals surface area contributed by atoms with Crippen molar-refractivity contribution in [3.63, 3.8) is 0 Å². The number of rotatable bonds is 12. The maximum absolute atomic E-state index is 13.5. The van der Waals surface area contributed by atoms with Crippen LogP contribution in [-0.4, -0.2) is 53.4 Å². The Morgan fingerprint density at radius 1 is 0.974 bits per heavy atom. The molecule has 0 aromatic heterocycles. The van der Waals surface area contributed by atoms with Crippen LogP contribution < -0.4 is 19.2 Å². The lowest BCUT2D eigenvalue weighted by atomic mass is 10.2. The molecule has 11 heteroatoms. The number of amides is 1. The standard InChI is InChI=1S/C27H29N3O7S/c1-4-36-23-12-14-25(15-13-23)38(33,34)30(22-10-8-20(2)9-11-22)18-26(31)29-28-17-21-6-5-7-24(16-21)37-19-27(32)35-3/h5-17H,4,18-19H2,1-3H3,(H,29,31)/b28-17-. The molecule has 0 aliphatic heterocycles. The highest BCUT2D eigenvalue weighted by Gasteiger charge is 2.27. The Bertz CT molecular complexity index is 1370. The molecule has 1 N–H and O–H groups in total. The van der Waals surface area contributed by atoms with Crippen molar-refractivity contribution in [3.05, 3.63) is 83.9 Å². The quantitative estimate of drug-likeness (QED) is 0.213. The van der Waals surface area contributed by atoms with Crippen molar-refractivity contribution >= 4 is 33.8 Å². The lowest BCUT2D eigenvalue weighted by Gasteiger charge is -2.24. The van der Waals surface area contributed by atoms with Crippen molar-refractivity contribution in [1.82, 2.24) is 5.43 Å². The molecule has 0 fully saturated rings. The van der Waals surface area contributed by atoms with Crippen LogP contribution in [0.5, 0.6) is 11.5 Å². The first kappa shape index (κ1) is 28.2. The molecular formula is C27H29N3O7S. The van der Waals surface area contributed by atoms with Gasteiger partial charge in [0.25, 0.3) is 15.9 Å². The van der Waals surface area contributed by atoms with Gasteiger partial charge in [-0.3, -0.25) is 9.10 Å². The lowest BCUT2D eigenvalue weighted by molar-refractivity contribution is -0.142. The molecule has 3 rings (SSSR count). The number of hydrogen-bond acceptors (Lipinski definition) is 8. The van der Waals surface area contributed by atoms with Crippen molar-refractivity contribution in [2.45, 2.75) is 18.7 Å². The second kappa shape index (κ2) is 13.2. The number of nitrogens with zero attached hydrogens (tertiary/aromatic N) is 2. The monoisotopic (exact) mass is 539 g/mol. The minimum absolute atomic E-state index is 0.0154. The number of ether oxygens (including phenoxy) is 3. The van der Waals surface area contributed by atoms with E-state index < -0.39 is 28.4 Å². The summed E-state index contributed by atoms with van der Waals surface area (Å²) in [4.78, 5) is 24.0. The Hall–Kier alpha value is -4.38. The highest BCUT2D eigenvalue weighted by molar-refractivity contribution is 7.92. The fourth-order valence-electron chi connectivity index (χ4n) is 3.26. The number of aryl methyl sites for hydroxylation is 1. The largest absolute Gasteiger partial charge is 0.494 e. The van der Waals surface area contributed by atoms with E-state index in [-0.39, 0.29) is 11.5 Å². The van der Waals surface area contributed by atoms with E-state index >= 15 is 0 Å². The maximum atomic E-state index is 13.5. The topological polar surface area (TPSA) is 124 Å². The van der Waals surface area contributed by atoms with E-state index in [0.29, 0.717) is 29.4 Å². The van der Waals surface area contributed by atoms with Crippen LogP contribution in [0, 0.1) is 6.92 Å². The van der Waals surface area contributed by atoms with Gasteiger partial charge in [-0.15, -0.1) is 0 Å². The number of anilines is 1. The molecule has 3 aromatic carbocycles. The van der Waals surface area contributed by atoms with Gasteiger partial charge < -0.3 is 14.2 Å². The van der Waals surface area contributed by atoms with Crippen molar-refractivity contribution in [3.8, 4) is 11.5 Å². The van der Waals surface area contributed by atoms with Crippen LogP contribution in [-0.2, 0) is 24.3 Å². The van der Waals surface area contributed by atoms with Gasteiger partial charge in [-0.05, 0) is 67.9 Å². The number of methoxy groups -OCH3 is 1. The third-order valence-electron chi connectivity index (χ3n) is 5.18. The Kier molecular flexibility index (Phi) is 9.83. The van der Waals surface area contributed by atoms with Crippen LogP contribution in [0.1, 0.15) is 18.1 Å². The number of benzene rings is 3. The molecule has 0 heterocycles. The molecule has 0 saturated carbocycles. The Morgan fingerprint density at radius 3 is 2.34 bits per heavy atom. The molecule has 0 bridgehead atoms. The molecule has 0 aliphatic rings. The number of carbonyl (C=O) groups is 2. The van der Waals surface area contributed by atoms with E-state index in [0.717, 1.165) is 9.87 Å². The summed E-state index contributed by atoms with van der Waals surface area (Å²) >= 11 is 0. The molecule has 0 saturated heterocycles. The molecule has 1 amide bonds. The van der Waals surface area contributed by atoms with Crippen molar-refractivity contribution in [1.29, 1.82) is 0 Å². The van der Waals surface area contributed by atoms with Crippen LogP contribution in [0.3, 0.4) is 0 Å². The van der Waals surface area contributed by atoms with E-state index in [4.69, 9.17) is 9.47 Å². The van der Waals surface area contributed by atoms with Crippen molar-refractivity contribution < 1.29 is 32.2 Å². The van der Waals surface area contributed by atoms with Gasteiger partial charge in [0.2, 0.25) is 0 Å². The molecule has 0 atom stereocenters. The molecular weight excluding hydrogens is 510 g/mol. The number of carbonyl (C=O) groups excluding carboxylic acids is 2. The van der Waals surface area contributed by atoms with Gasteiger partial charge in [-0.2, -0.15) is 5.10 Å². The van der Waals surface area contributed by atoms with Crippen LogP contribution in [0.4, 0.5) is 5.69 Å². The van der Waals surface area contributed by atoms with E-state index in [9.17, 15) is 18.0 Å². The fraction of sp³-hybridized carbons (Fsp3) is 0.222. The number of hydrogen-bond donors (Lipinski definition) is 1. The molecule has 3 aromatic rings. The van der Waals surface area contributed by atoms with E-state index in [2.05, 4.69) is 15.3 Å². The third kappa shape index (κ3) is 7.81. The molecule has 0 spiro atoms. The Labute approximate surface area is 221 Å². The zero-order valence-electron chi connectivity index (χ0n) is 21.3. The first-order chi connectivity index (χ1) is 18.2. The molecule has 0 radical (unpaired) electrons. The van der Waals surface area contributed by atoms with Gasteiger partial charge >= 0.3 is 5.97 Å². The van der Waals surface area contributed by atoms with Gasteiger partial charge in [-0.25, -0.2) is 18.6 Å². The SMILES string of the molecule is CCOc1ccc(S(=O)(=O)N(CC(=O)N/N=C\c2cccc(OCC(=O)OC)c2)c2ccc(C)cc2)cc1. The molecule has 10 nitrogen and oxygen atoms in total. The smallest absolute Gasteiger partial charge is 0.343 e. The zero-order valence-corrected chi connectivity index (χ0v) is 22.1. The molecule has 200 valence electrons. The first-order valence-corrected chi connectivity index (χ1v) is 13.1. The van der Waals surface area contributed by atoms with Gasteiger partial charge in [0.1, 0.15) is 18.0 Å². The summed E-state index contributed by atoms with van der Waals surface area (Å²) < 4.78 is 43.3. The van der Waals surface area contributed by atoms with Gasteiger partial charge in [0.05, 0.1) is 30.5 Å². The van der Waals surface area contributed by atoms with Crippen LogP contribution >= 0.6 is 0 Å². The predicted molar refractivity (Wildman–Crippen MR) is 143 cm³/mol. The average Bonchev–Trinajstić information content (AvgIpc) is 2.91. The number of esters is 1. The number of sulfonamides is 1. The summed E-state index contributed by atoms with van der Waals surface area (Å²) in [7, 11) is -2.82. The van der Waals surface area contributed by atoms with Crippen LogP contribution in [0.15, 0.2) is 82.8 Å². The van der Waals surface area contributed by atoms with Crippen molar-refractivity contribution in [2.75, 3.05) is 31.2 Å². The second-order valence-corrected chi connectivity index (χ2v) is 9.84. The molecule has 38 heavy (non-hydrogen) atoms. The fourth-order valence-corrected chi connectivity index (χ4v) is 4.68. The summed E-state index contributed by atoms with van der Waals surface area (Å²) in [6, 6.07) is 19.5. The number of hydrazone groups is 1. The van der Waals surface area contributed by atoms with E-state index in [1.165, 1.54) is 25.5 Å². The molecule has 0 aliphatic carbocycles. The molecule has 0 unspecified atom stereocenters. The predicted octanol–water partition coefficient (Wildman–Crippen LogP) is 3.29. The third-order valence-corrected chi connectivity index (χ3v) is 6.97. The Balaban J connectivity index is 1.75. The lowest BCUT2D eigenvalue weighted by Crippen LogP contribution is -2.39. The van der Waals surface area contributed by atoms with Gasteiger partial charge in [-0.1, -0.05) is 29.8 Å². The first-order valence-electron chi connectivity index (χ1n) is 11.7. The van der Waals surface area contributed by atoms with Crippen molar-refractivity contribution in [2.24, 2.45) is 5.10 Å². The number of nitrogens with one attached hydrogen (secondary N) is 1. The zero-order chi connectivity index (χ0) is 27.5. The maximum Gasteiger partial charge on any atom is 0.343 e. The van der Waals surface area contributed by atoms with Gasteiger partial charge in [0, 0.05) is 0 Å². The summed E-state index contributed by atoms with van der Waals surface area (Å²) in [6.07, 6.45) is 1.38. The summed E-state index contributed by atoms with van der Waals surface area (Å²) in [5.41, 5.74) is 4.22. The normalized spacial score (nSPS) is 11.1. The Morgan fingerprint density at radius 2 is 1.68 bits per heavy atom.